The molecule has 3 rings (SSSR count). The van der Waals surface area contributed by atoms with Gasteiger partial charge in [-0.05, 0) is 36.6 Å². The van der Waals surface area contributed by atoms with Crippen LogP contribution in [0.15, 0.2) is 10.4 Å². The third-order valence-electron chi connectivity index (χ3n) is 3.37. The molecule has 2 aliphatic rings. The Bertz CT molecular complexity index is 343. The van der Waals surface area contributed by atoms with Crippen LogP contribution in [-0.4, -0.2) is 22.4 Å². The number of rotatable bonds is 2. The molecule has 0 aromatic carbocycles. The number of thiazole rings is 1. The fraction of sp³-hybridized carbons (Fsp3) is 0.700. The van der Waals surface area contributed by atoms with Crippen LogP contribution in [0.2, 0.25) is 4.47 Å². The quantitative estimate of drug-likeness (QED) is 0.757. The van der Waals surface area contributed by atoms with Gasteiger partial charge in [-0.3, -0.25) is 0 Å². The molecule has 2 nitrogen and oxygen atoms in total. The molecule has 1 aromatic rings. The van der Waals surface area contributed by atoms with Gasteiger partial charge in [0.25, 0.3) is 0 Å². The van der Waals surface area contributed by atoms with Crippen molar-refractivity contribution in [1.29, 1.82) is 0 Å². The van der Waals surface area contributed by atoms with E-state index in [2.05, 4.69) is 9.29 Å². The Morgan fingerprint density at radius 3 is 2.73 bits per heavy atom. The Hall–Kier alpha value is 0.230. The molecule has 0 amide bonds. The van der Waals surface area contributed by atoms with Gasteiger partial charge in [-0.25, -0.2) is 9.29 Å². The molecule has 2 heterocycles. The van der Waals surface area contributed by atoms with E-state index in [1.165, 1.54) is 36.6 Å². The molecule has 1 saturated heterocycles. The molecule has 0 bridgehead atoms. The Kier molecular flexibility index (Phi) is 2.94. The van der Waals surface area contributed by atoms with Crippen molar-refractivity contribution < 1.29 is 0 Å². The molecular weight excluding hydrogens is 248 g/mol. The molecule has 0 unspecified atom stereocenters. The first-order valence-corrected chi connectivity index (χ1v) is 7.32. The van der Waals surface area contributed by atoms with Gasteiger partial charge >= 0.3 is 0 Å². The SMILES string of the molecule is Clc1ncc(SN2C[C@H]3CCC[C@H]3C2)s1. The van der Waals surface area contributed by atoms with E-state index in [0.29, 0.717) is 4.47 Å². The summed E-state index contributed by atoms with van der Waals surface area (Å²) >= 11 is 9.23. The topological polar surface area (TPSA) is 16.1 Å². The third kappa shape index (κ3) is 2.18. The first-order chi connectivity index (χ1) is 7.31. The normalized spacial score (nSPS) is 31.0. The van der Waals surface area contributed by atoms with E-state index < -0.39 is 0 Å². The molecule has 1 aliphatic carbocycles. The number of fused-ring (bicyclic) bond motifs is 1. The van der Waals surface area contributed by atoms with Gasteiger partial charge in [-0.2, -0.15) is 0 Å². The molecule has 15 heavy (non-hydrogen) atoms. The number of hydrogen-bond acceptors (Lipinski definition) is 4. The highest BCUT2D eigenvalue weighted by Crippen LogP contribution is 2.42. The smallest absolute Gasteiger partial charge is 0.184 e. The van der Waals surface area contributed by atoms with E-state index in [-0.39, 0.29) is 0 Å². The van der Waals surface area contributed by atoms with Gasteiger partial charge in [0, 0.05) is 13.1 Å². The zero-order chi connectivity index (χ0) is 10.3. The van der Waals surface area contributed by atoms with Gasteiger partial charge in [-0.15, -0.1) is 0 Å². The first-order valence-electron chi connectivity index (χ1n) is 5.35. The first kappa shape index (κ1) is 10.4. The fourth-order valence-electron chi connectivity index (χ4n) is 2.68. The van der Waals surface area contributed by atoms with Crippen LogP contribution in [0.3, 0.4) is 0 Å². The molecular formula is C10H13ClN2S2. The summed E-state index contributed by atoms with van der Waals surface area (Å²) < 4.78 is 4.36. The largest absolute Gasteiger partial charge is 0.245 e. The fourth-order valence-corrected chi connectivity index (χ4v) is 5.08. The lowest BCUT2D eigenvalue weighted by atomic mass is 10.0. The Morgan fingerprint density at radius 2 is 2.13 bits per heavy atom. The summed E-state index contributed by atoms with van der Waals surface area (Å²) in [4.78, 5) is 4.07. The highest BCUT2D eigenvalue weighted by Gasteiger charge is 2.36. The summed E-state index contributed by atoms with van der Waals surface area (Å²) in [6.07, 6.45) is 6.20. The van der Waals surface area contributed by atoms with Crippen molar-refractivity contribution in [3.8, 4) is 0 Å². The standard InChI is InChI=1S/C10H13ClN2S2/c11-10-12-4-9(14-10)15-13-5-7-2-1-3-8(7)6-13/h4,7-8H,1-3,5-6H2/t7-,8+. The van der Waals surface area contributed by atoms with Crippen molar-refractivity contribution in [2.24, 2.45) is 11.8 Å². The summed E-state index contributed by atoms with van der Waals surface area (Å²) in [5.41, 5.74) is 0. The summed E-state index contributed by atoms with van der Waals surface area (Å²) in [6, 6.07) is 0. The highest BCUT2D eigenvalue weighted by atomic mass is 35.5. The lowest BCUT2D eigenvalue weighted by Gasteiger charge is -2.13. The van der Waals surface area contributed by atoms with Gasteiger partial charge in [0.1, 0.15) is 0 Å². The number of nitrogens with zero attached hydrogens (tertiary/aromatic N) is 2. The predicted octanol–water partition coefficient (Wildman–Crippen LogP) is 3.54. The summed E-state index contributed by atoms with van der Waals surface area (Å²) in [7, 11) is 0. The summed E-state index contributed by atoms with van der Waals surface area (Å²) in [5.74, 6) is 1.92. The van der Waals surface area contributed by atoms with Crippen LogP contribution < -0.4 is 0 Å². The van der Waals surface area contributed by atoms with Crippen molar-refractivity contribution >= 4 is 34.9 Å². The lowest BCUT2D eigenvalue weighted by Crippen LogP contribution is -2.12. The van der Waals surface area contributed by atoms with Crippen LogP contribution in [-0.2, 0) is 0 Å². The number of halogens is 1. The van der Waals surface area contributed by atoms with Crippen molar-refractivity contribution in [1.82, 2.24) is 9.29 Å². The van der Waals surface area contributed by atoms with Crippen molar-refractivity contribution in [3.63, 3.8) is 0 Å². The Labute approximate surface area is 103 Å². The molecule has 0 spiro atoms. The molecule has 1 saturated carbocycles. The van der Waals surface area contributed by atoms with Crippen molar-refractivity contribution in [2.45, 2.75) is 23.5 Å². The molecule has 0 radical (unpaired) electrons. The van der Waals surface area contributed by atoms with Crippen LogP contribution in [0.1, 0.15) is 19.3 Å². The van der Waals surface area contributed by atoms with E-state index in [0.717, 1.165) is 11.8 Å². The maximum Gasteiger partial charge on any atom is 0.184 e. The predicted molar refractivity (Wildman–Crippen MR) is 65.4 cm³/mol. The van der Waals surface area contributed by atoms with Gasteiger partial charge in [-0.1, -0.05) is 29.4 Å². The highest BCUT2D eigenvalue weighted by molar-refractivity contribution is 7.99. The van der Waals surface area contributed by atoms with Gasteiger partial charge in [0.15, 0.2) is 4.47 Å². The average Bonchev–Trinajstić information content (AvgIpc) is 2.81. The maximum absolute atomic E-state index is 5.82. The second-order valence-electron chi connectivity index (χ2n) is 4.32. The van der Waals surface area contributed by atoms with Crippen LogP contribution in [0.4, 0.5) is 0 Å². The second-order valence-corrected chi connectivity index (χ2v) is 7.33. The molecule has 1 aliphatic heterocycles. The molecule has 0 N–H and O–H groups in total. The van der Waals surface area contributed by atoms with E-state index in [9.17, 15) is 0 Å². The van der Waals surface area contributed by atoms with Gasteiger partial charge < -0.3 is 0 Å². The van der Waals surface area contributed by atoms with Crippen LogP contribution in [0.5, 0.6) is 0 Å². The van der Waals surface area contributed by atoms with Crippen LogP contribution >= 0.6 is 34.9 Å². The minimum Gasteiger partial charge on any atom is -0.245 e. The van der Waals surface area contributed by atoms with E-state index in [1.54, 1.807) is 11.3 Å². The van der Waals surface area contributed by atoms with Gasteiger partial charge in [0.05, 0.1) is 10.4 Å². The second kappa shape index (κ2) is 4.24. The summed E-state index contributed by atoms with van der Waals surface area (Å²) in [5, 5.41) is 0. The molecule has 5 heteroatoms. The summed E-state index contributed by atoms with van der Waals surface area (Å²) in [6.45, 7) is 2.51. The average molecular weight is 261 g/mol. The van der Waals surface area contributed by atoms with Gasteiger partial charge in [0.2, 0.25) is 0 Å². The lowest BCUT2D eigenvalue weighted by molar-refractivity contribution is 0.494. The Balaban J connectivity index is 1.61. The number of hydrogen-bond donors (Lipinski definition) is 0. The monoisotopic (exact) mass is 260 g/mol. The maximum atomic E-state index is 5.82. The molecule has 2 fully saturated rings. The zero-order valence-electron chi connectivity index (χ0n) is 8.36. The van der Waals surface area contributed by atoms with Crippen LogP contribution in [0, 0.1) is 11.8 Å². The molecule has 2 atom stereocenters. The minimum absolute atomic E-state index is 0.650. The van der Waals surface area contributed by atoms with E-state index >= 15 is 0 Å². The van der Waals surface area contributed by atoms with Crippen molar-refractivity contribution in [2.75, 3.05) is 13.1 Å². The minimum atomic E-state index is 0.650. The van der Waals surface area contributed by atoms with Crippen LogP contribution in [0.25, 0.3) is 0 Å². The Morgan fingerprint density at radius 1 is 1.40 bits per heavy atom. The van der Waals surface area contributed by atoms with Crippen molar-refractivity contribution in [3.05, 3.63) is 10.7 Å². The number of aromatic nitrogens is 1. The van der Waals surface area contributed by atoms with E-state index in [4.69, 9.17) is 11.6 Å². The molecule has 1 aromatic heterocycles. The zero-order valence-corrected chi connectivity index (χ0v) is 10.7. The third-order valence-corrected chi connectivity index (χ3v) is 5.59. The molecule has 82 valence electrons. The van der Waals surface area contributed by atoms with E-state index in [1.807, 2.05) is 18.1 Å².